The van der Waals surface area contributed by atoms with E-state index in [1.165, 1.54) is 6.20 Å². The Morgan fingerprint density at radius 3 is 2.67 bits per heavy atom. The molecule has 6 heteroatoms. The van der Waals surface area contributed by atoms with Crippen molar-refractivity contribution in [3.8, 4) is 0 Å². The second-order valence-corrected chi connectivity index (χ2v) is 12.7. The van der Waals surface area contributed by atoms with Crippen LogP contribution < -0.4 is 0 Å². The van der Waals surface area contributed by atoms with Crippen LogP contribution in [0.2, 0.25) is 25.7 Å². The maximum absolute atomic E-state index is 6.17. The molecular formula is C15H22BrClN2OSi. The first-order valence-electron chi connectivity index (χ1n) is 6.74. The van der Waals surface area contributed by atoms with Gasteiger partial charge in [-0.15, -0.1) is 0 Å². The number of amidine groups is 1. The average molecular weight is 390 g/mol. The minimum atomic E-state index is -1.08. The molecule has 0 amide bonds. The molecule has 0 radical (unpaired) electrons. The van der Waals surface area contributed by atoms with Gasteiger partial charge in [0.1, 0.15) is 12.6 Å². The summed E-state index contributed by atoms with van der Waals surface area (Å²) in [7, 11) is -1.08. The monoisotopic (exact) mass is 388 g/mol. The summed E-state index contributed by atoms with van der Waals surface area (Å²) in [6.07, 6.45) is 5.01. The van der Waals surface area contributed by atoms with E-state index in [2.05, 4.69) is 53.7 Å². The minimum Gasteiger partial charge on any atom is -0.361 e. The number of halogens is 2. The van der Waals surface area contributed by atoms with E-state index in [4.69, 9.17) is 16.3 Å². The molecule has 0 spiro atoms. The predicted molar refractivity (Wildman–Crippen MR) is 98.5 cm³/mol. The van der Waals surface area contributed by atoms with Crippen molar-refractivity contribution >= 4 is 41.4 Å². The van der Waals surface area contributed by atoms with Crippen molar-refractivity contribution in [2.45, 2.75) is 25.7 Å². The van der Waals surface area contributed by atoms with Crippen molar-refractivity contribution < 1.29 is 4.74 Å². The van der Waals surface area contributed by atoms with Crippen molar-refractivity contribution in [2.24, 2.45) is 4.99 Å². The number of hydrogen-bond donors (Lipinski definition) is 0. The first kappa shape index (κ1) is 18.4. The molecule has 1 heterocycles. The zero-order chi connectivity index (χ0) is 16.0. The van der Waals surface area contributed by atoms with Gasteiger partial charge in [-0.1, -0.05) is 44.4 Å². The summed E-state index contributed by atoms with van der Waals surface area (Å²) in [5, 5.41) is 0.553. The van der Waals surface area contributed by atoms with E-state index in [9.17, 15) is 0 Å². The molecule has 116 valence electrons. The van der Waals surface area contributed by atoms with Gasteiger partial charge in [0.2, 0.25) is 0 Å². The van der Waals surface area contributed by atoms with Gasteiger partial charge in [0.25, 0.3) is 0 Å². The molecule has 0 saturated heterocycles. The van der Waals surface area contributed by atoms with E-state index < -0.39 is 8.07 Å². The normalized spacial score (nSPS) is 19.8. The molecule has 1 aliphatic rings. The maximum Gasteiger partial charge on any atom is 0.144 e. The lowest BCUT2D eigenvalue weighted by Crippen LogP contribution is -2.29. The lowest BCUT2D eigenvalue weighted by Gasteiger charge is -2.22. The third-order valence-corrected chi connectivity index (χ3v) is 5.60. The highest BCUT2D eigenvalue weighted by Gasteiger charge is 2.26. The highest BCUT2D eigenvalue weighted by atomic mass is 79.9. The van der Waals surface area contributed by atoms with Crippen molar-refractivity contribution in [3.63, 3.8) is 0 Å². The Labute approximate surface area is 141 Å². The van der Waals surface area contributed by atoms with Gasteiger partial charge in [0.05, 0.1) is 9.64 Å². The van der Waals surface area contributed by atoms with Gasteiger partial charge < -0.3 is 4.74 Å². The summed E-state index contributed by atoms with van der Waals surface area (Å²) in [6, 6.07) is 1.13. The zero-order valence-electron chi connectivity index (χ0n) is 12.8. The number of hydrogen-bond acceptors (Lipinski definition) is 2. The SMILES string of the molecule is C=C/N=C1\C(=C(\Cl)C=C)C=C(Br)N1COCC[Si](C)(C)C. The second-order valence-electron chi connectivity index (χ2n) is 5.84. The van der Waals surface area contributed by atoms with Crippen LogP contribution in [0.15, 0.2) is 51.7 Å². The largest absolute Gasteiger partial charge is 0.361 e. The summed E-state index contributed by atoms with van der Waals surface area (Å²) in [5.41, 5.74) is 0.812. The van der Waals surface area contributed by atoms with Gasteiger partial charge in [0.15, 0.2) is 0 Å². The van der Waals surface area contributed by atoms with Gasteiger partial charge in [-0.3, -0.25) is 4.90 Å². The summed E-state index contributed by atoms with van der Waals surface area (Å²) < 4.78 is 6.65. The van der Waals surface area contributed by atoms with E-state index >= 15 is 0 Å². The quantitative estimate of drug-likeness (QED) is 0.345. The summed E-state index contributed by atoms with van der Waals surface area (Å²) in [5.74, 6) is 0.717. The molecule has 0 unspecified atom stereocenters. The molecule has 0 aliphatic carbocycles. The molecule has 0 aromatic rings. The summed E-state index contributed by atoms with van der Waals surface area (Å²) in [6.45, 7) is 15.5. The Morgan fingerprint density at radius 1 is 1.48 bits per heavy atom. The molecule has 0 aromatic heterocycles. The highest BCUT2D eigenvalue weighted by molar-refractivity contribution is 9.11. The molecule has 0 N–H and O–H groups in total. The van der Waals surface area contributed by atoms with Crippen LogP contribution in [0.3, 0.4) is 0 Å². The molecule has 0 atom stereocenters. The zero-order valence-corrected chi connectivity index (χ0v) is 16.2. The Hall–Kier alpha value is -0.623. The molecule has 3 nitrogen and oxygen atoms in total. The first-order valence-corrected chi connectivity index (χ1v) is 11.6. The van der Waals surface area contributed by atoms with Crippen LogP contribution in [0.1, 0.15) is 0 Å². The number of aliphatic imine (C=N–C) groups is 1. The summed E-state index contributed by atoms with van der Waals surface area (Å²) >= 11 is 9.69. The average Bonchev–Trinajstić information content (AvgIpc) is 2.70. The molecular weight excluding hydrogens is 368 g/mol. The van der Waals surface area contributed by atoms with Crippen LogP contribution in [0, 0.1) is 0 Å². The molecule has 1 rings (SSSR count). The third-order valence-electron chi connectivity index (χ3n) is 2.88. The molecule has 21 heavy (non-hydrogen) atoms. The molecule has 0 bridgehead atoms. The van der Waals surface area contributed by atoms with E-state index in [0.717, 1.165) is 28.7 Å². The fraction of sp³-hybridized carbons (Fsp3) is 0.400. The molecule has 0 aromatic carbocycles. The van der Waals surface area contributed by atoms with E-state index in [-0.39, 0.29) is 0 Å². The fourth-order valence-electron chi connectivity index (χ4n) is 1.68. The number of allylic oxidation sites excluding steroid dienone is 2. The van der Waals surface area contributed by atoms with Crippen molar-refractivity contribution in [3.05, 3.63) is 46.7 Å². The topological polar surface area (TPSA) is 24.8 Å². The second kappa shape index (κ2) is 8.13. The molecule has 1 aliphatic heterocycles. The Kier molecular flexibility index (Phi) is 7.13. The van der Waals surface area contributed by atoms with Gasteiger partial charge in [-0.2, -0.15) is 0 Å². The van der Waals surface area contributed by atoms with Crippen LogP contribution in [0.25, 0.3) is 0 Å². The van der Waals surface area contributed by atoms with E-state index in [0.29, 0.717) is 11.8 Å². The predicted octanol–water partition coefficient (Wildman–Crippen LogP) is 5.07. The van der Waals surface area contributed by atoms with Crippen molar-refractivity contribution in [2.75, 3.05) is 13.3 Å². The van der Waals surface area contributed by atoms with Gasteiger partial charge in [0, 0.05) is 26.5 Å². The van der Waals surface area contributed by atoms with Crippen LogP contribution in [0.4, 0.5) is 0 Å². The van der Waals surface area contributed by atoms with E-state index in [1.807, 2.05) is 11.0 Å². The minimum absolute atomic E-state index is 0.430. The number of nitrogens with zero attached hydrogens (tertiary/aromatic N) is 2. The lowest BCUT2D eigenvalue weighted by atomic mass is 10.2. The van der Waals surface area contributed by atoms with E-state index in [1.54, 1.807) is 6.08 Å². The Morgan fingerprint density at radius 2 is 2.14 bits per heavy atom. The first-order chi connectivity index (χ1) is 9.80. The lowest BCUT2D eigenvalue weighted by molar-refractivity contribution is 0.0935. The third kappa shape index (κ3) is 5.58. The highest BCUT2D eigenvalue weighted by Crippen LogP contribution is 2.30. The van der Waals surface area contributed by atoms with Gasteiger partial charge >= 0.3 is 0 Å². The molecule has 0 saturated carbocycles. The van der Waals surface area contributed by atoms with Crippen molar-refractivity contribution in [1.29, 1.82) is 0 Å². The number of rotatable bonds is 7. The van der Waals surface area contributed by atoms with Crippen LogP contribution >= 0.6 is 27.5 Å². The van der Waals surface area contributed by atoms with Crippen LogP contribution in [-0.2, 0) is 4.74 Å². The number of ether oxygens (including phenoxy) is 1. The molecule has 0 fully saturated rings. The Bertz CT molecular complexity index is 506. The Balaban J connectivity index is 2.78. The fourth-order valence-corrected chi connectivity index (χ4v) is 3.07. The van der Waals surface area contributed by atoms with Gasteiger partial charge in [-0.25, -0.2) is 4.99 Å². The van der Waals surface area contributed by atoms with Crippen LogP contribution in [-0.4, -0.2) is 32.1 Å². The maximum atomic E-state index is 6.17. The van der Waals surface area contributed by atoms with Crippen LogP contribution in [0.5, 0.6) is 0 Å². The standard InChI is InChI=1S/C15H22BrClN2OSi/c1-6-13(17)12-10-14(16)19(15(12)18-7-2)11-20-8-9-21(3,4)5/h6-7,10H,1-2,8-9,11H2,3-5H3/b13-12+,18-15+. The van der Waals surface area contributed by atoms with Gasteiger partial charge in [-0.05, 0) is 34.1 Å². The smallest absolute Gasteiger partial charge is 0.144 e. The summed E-state index contributed by atoms with van der Waals surface area (Å²) in [4.78, 5) is 6.22. The van der Waals surface area contributed by atoms with Crippen molar-refractivity contribution in [1.82, 2.24) is 4.90 Å².